The average Bonchev–Trinajstić information content (AvgIpc) is 3.07. The van der Waals surface area contributed by atoms with E-state index in [9.17, 15) is 4.79 Å². The first-order valence-corrected chi connectivity index (χ1v) is 6.83. The molecule has 0 bridgehead atoms. The molecule has 1 aromatic carbocycles. The van der Waals surface area contributed by atoms with E-state index in [-0.39, 0.29) is 5.41 Å². The van der Waals surface area contributed by atoms with Crippen LogP contribution >= 0.6 is 0 Å². The minimum Gasteiger partial charge on any atom is -0.481 e. The molecular formula is C16H23NO2. The summed E-state index contributed by atoms with van der Waals surface area (Å²) < 4.78 is 0. The molecule has 0 aliphatic heterocycles. The van der Waals surface area contributed by atoms with Crippen molar-refractivity contribution in [3.05, 3.63) is 29.3 Å². The number of carboxylic acids is 1. The van der Waals surface area contributed by atoms with Crippen LogP contribution in [0, 0.1) is 12.3 Å². The third kappa shape index (κ3) is 2.91. The lowest BCUT2D eigenvalue weighted by Gasteiger charge is -2.21. The van der Waals surface area contributed by atoms with Crippen LogP contribution in [0.5, 0.6) is 0 Å². The summed E-state index contributed by atoms with van der Waals surface area (Å²) in [4.78, 5) is 11.1. The van der Waals surface area contributed by atoms with Crippen molar-refractivity contribution in [2.24, 2.45) is 5.41 Å². The minimum absolute atomic E-state index is 0.141. The molecule has 0 atom stereocenters. The summed E-state index contributed by atoms with van der Waals surface area (Å²) in [7, 11) is 0. The molecule has 1 saturated carbocycles. The second kappa shape index (κ2) is 4.55. The molecule has 3 nitrogen and oxygen atoms in total. The molecule has 3 heteroatoms. The summed E-state index contributed by atoms with van der Waals surface area (Å²) in [6, 6.07) is 6.37. The highest BCUT2D eigenvalue weighted by atomic mass is 16.4. The van der Waals surface area contributed by atoms with E-state index >= 15 is 0 Å². The fourth-order valence-electron chi connectivity index (χ4n) is 2.21. The Morgan fingerprint density at radius 2 is 2.00 bits per heavy atom. The zero-order valence-corrected chi connectivity index (χ0v) is 12.2. The first-order valence-electron chi connectivity index (χ1n) is 6.83. The molecule has 1 fully saturated rings. The second-order valence-electron chi connectivity index (χ2n) is 6.72. The lowest BCUT2D eigenvalue weighted by molar-refractivity contribution is -0.142. The van der Waals surface area contributed by atoms with E-state index in [1.54, 1.807) is 0 Å². The van der Waals surface area contributed by atoms with Crippen LogP contribution < -0.4 is 5.32 Å². The Balaban J connectivity index is 2.08. The van der Waals surface area contributed by atoms with Gasteiger partial charge in [-0.05, 0) is 42.4 Å². The highest BCUT2D eigenvalue weighted by Crippen LogP contribution is 2.46. The first-order chi connectivity index (χ1) is 8.74. The molecule has 0 saturated heterocycles. The maximum atomic E-state index is 11.1. The van der Waals surface area contributed by atoms with Crippen LogP contribution in [0.4, 0.5) is 5.69 Å². The number of rotatable bonds is 4. The van der Waals surface area contributed by atoms with Gasteiger partial charge in [-0.2, -0.15) is 0 Å². The van der Waals surface area contributed by atoms with Crippen molar-refractivity contribution >= 4 is 11.7 Å². The maximum Gasteiger partial charge on any atom is 0.311 e. The number of aryl methyl sites for hydroxylation is 1. The SMILES string of the molecule is Cc1cc(C(C)(C)C)ccc1NCC1(C(=O)O)CC1. The van der Waals surface area contributed by atoms with Crippen molar-refractivity contribution in [1.82, 2.24) is 0 Å². The largest absolute Gasteiger partial charge is 0.481 e. The molecule has 0 spiro atoms. The van der Waals surface area contributed by atoms with Gasteiger partial charge in [-0.15, -0.1) is 0 Å². The fraction of sp³-hybridized carbons (Fsp3) is 0.562. The number of nitrogens with one attached hydrogen (secondary N) is 1. The van der Waals surface area contributed by atoms with Gasteiger partial charge in [0.15, 0.2) is 0 Å². The van der Waals surface area contributed by atoms with Crippen molar-refractivity contribution < 1.29 is 9.90 Å². The number of hydrogen-bond donors (Lipinski definition) is 2. The molecule has 1 aromatic rings. The summed E-state index contributed by atoms with van der Waals surface area (Å²) >= 11 is 0. The van der Waals surface area contributed by atoms with Gasteiger partial charge in [0.1, 0.15) is 0 Å². The predicted molar refractivity (Wildman–Crippen MR) is 77.7 cm³/mol. The molecule has 1 aliphatic carbocycles. The molecule has 2 N–H and O–H groups in total. The highest BCUT2D eigenvalue weighted by Gasteiger charge is 2.50. The monoisotopic (exact) mass is 261 g/mol. The Hall–Kier alpha value is -1.51. The molecule has 2 rings (SSSR count). The zero-order valence-electron chi connectivity index (χ0n) is 12.2. The molecule has 0 aromatic heterocycles. The Bertz CT molecular complexity index is 496. The van der Waals surface area contributed by atoms with Gasteiger partial charge >= 0.3 is 5.97 Å². The third-order valence-electron chi connectivity index (χ3n) is 4.02. The van der Waals surface area contributed by atoms with E-state index in [1.807, 2.05) is 0 Å². The van der Waals surface area contributed by atoms with Gasteiger partial charge in [-0.1, -0.05) is 32.9 Å². The Labute approximate surface area is 115 Å². The topological polar surface area (TPSA) is 49.3 Å². The minimum atomic E-state index is -0.677. The van der Waals surface area contributed by atoms with Crippen molar-refractivity contribution in [2.75, 3.05) is 11.9 Å². The molecule has 0 unspecified atom stereocenters. The Morgan fingerprint density at radius 1 is 1.37 bits per heavy atom. The van der Waals surface area contributed by atoms with Crippen LogP contribution in [0.3, 0.4) is 0 Å². The Kier molecular flexibility index (Phi) is 3.33. The van der Waals surface area contributed by atoms with Gasteiger partial charge in [-0.3, -0.25) is 4.79 Å². The van der Waals surface area contributed by atoms with Gasteiger partial charge in [0.2, 0.25) is 0 Å². The Morgan fingerprint density at radius 3 is 2.42 bits per heavy atom. The maximum absolute atomic E-state index is 11.1. The zero-order chi connectivity index (χ0) is 14.3. The van der Waals surface area contributed by atoms with E-state index in [2.05, 4.69) is 51.2 Å². The number of carboxylic acid groups (broad SMARTS) is 1. The smallest absolute Gasteiger partial charge is 0.311 e. The van der Waals surface area contributed by atoms with Crippen molar-refractivity contribution in [1.29, 1.82) is 0 Å². The van der Waals surface area contributed by atoms with Crippen LogP contribution in [0.2, 0.25) is 0 Å². The van der Waals surface area contributed by atoms with E-state index in [4.69, 9.17) is 5.11 Å². The van der Waals surface area contributed by atoms with Crippen molar-refractivity contribution in [2.45, 2.75) is 46.0 Å². The molecule has 0 amide bonds. The molecular weight excluding hydrogens is 238 g/mol. The number of aliphatic carboxylic acids is 1. The number of carbonyl (C=O) groups is 1. The van der Waals surface area contributed by atoms with Crippen molar-refractivity contribution in [3.8, 4) is 0 Å². The van der Waals surface area contributed by atoms with Crippen molar-refractivity contribution in [3.63, 3.8) is 0 Å². The first kappa shape index (κ1) is 13.9. The number of benzene rings is 1. The van der Waals surface area contributed by atoms with Crippen LogP contribution in [0.25, 0.3) is 0 Å². The van der Waals surface area contributed by atoms with Crippen LogP contribution in [-0.2, 0) is 10.2 Å². The number of hydrogen-bond acceptors (Lipinski definition) is 2. The summed E-state index contributed by atoms with van der Waals surface area (Å²) in [6.45, 7) is 9.17. The molecule has 0 radical (unpaired) electrons. The van der Waals surface area contributed by atoms with Crippen LogP contribution in [0.15, 0.2) is 18.2 Å². The van der Waals surface area contributed by atoms with Gasteiger partial charge in [-0.25, -0.2) is 0 Å². The summed E-state index contributed by atoms with van der Waals surface area (Å²) in [5.41, 5.74) is 3.14. The van der Waals surface area contributed by atoms with Gasteiger partial charge in [0, 0.05) is 12.2 Å². The van der Waals surface area contributed by atoms with E-state index in [0.29, 0.717) is 6.54 Å². The lowest BCUT2D eigenvalue weighted by atomic mass is 9.86. The third-order valence-corrected chi connectivity index (χ3v) is 4.02. The molecule has 1 aliphatic rings. The second-order valence-corrected chi connectivity index (χ2v) is 6.72. The lowest BCUT2D eigenvalue weighted by Crippen LogP contribution is -2.24. The van der Waals surface area contributed by atoms with Gasteiger partial charge in [0.25, 0.3) is 0 Å². The molecule has 19 heavy (non-hydrogen) atoms. The van der Waals surface area contributed by atoms with Gasteiger partial charge < -0.3 is 10.4 Å². The van der Waals surface area contributed by atoms with Gasteiger partial charge in [0.05, 0.1) is 5.41 Å². The quantitative estimate of drug-likeness (QED) is 0.871. The van der Waals surface area contributed by atoms with E-state index < -0.39 is 11.4 Å². The summed E-state index contributed by atoms with van der Waals surface area (Å²) in [6.07, 6.45) is 1.57. The normalized spacial score (nSPS) is 17.1. The molecule has 0 heterocycles. The predicted octanol–water partition coefficient (Wildman–Crippen LogP) is 3.57. The average molecular weight is 261 g/mol. The number of anilines is 1. The summed E-state index contributed by atoms with van der Waals surface area (Å²) in [5.74, 6) is -0.677. The van der Waals surface area contributed by atoms with E-state index in [1.165, 1.54) is 11.1 Å². The highest BCUT2D eigenvalue weighted by molar-refractivity contribution is 5.78. The molecule has 104 valence electrons. The summed E-state index contributed by atoms with van der Waals surface area (Å²) in [5, 5.41) is 12.5. The van der Waals surface area contributed by atoms with Crippen LogP contribution in [-0.4, -0.2) is 17.6 Å². The standard InChI is InChI=1S/C16H23NO2/c1-11-9-12(15(2,3)4)5-6-13(11)17-10-16(7-8-16)14(18)19/h5-6,9,17H,7-8,10H2,1-4H3,(H,18,19). The van der Waals surface area contributed by atoms with Crippen LogP contribution in [0.1, 0.15) is 44.7 Å². The van der Waals surface area contributed by atoms with E-state index in [0.717, 1.165) is 18.5 Å². The fourth-order valence-corrected chi connectivity index (χ4v) is 2.21.